The molecule has 19 heavy (non-hydrogen) atoms. The van der Waals surface area contributed by atoms with E-state index >= 15 is 0 Å². The maximum Gasteiger partial charge on any atom is 0.258 e. The summed E-state index contributed by atoms with van der Waals surface area (Å²) in [6.45, 7) is 4.00. The van der Waals surface area contributed by atoms with Gasteiger partial charge in [-0.3, -0.25) is 0 Å². The molecule has 0 bridgehead atoms. The summed E-state index contributed by atoms with van der Waals surface area (Å²) in [4.78, 5) is 4.26. The maximum absolute atomic E-state index is 13.1. The predicted octanol–water partition coefficient (Wildman–Crippen LogP) is 2.80. The first-order valence-corrected chi connectivity index (χ1v) is 5.94. The predicted molar refractivity (Wildman–Crippen MR) is 68.7 cm³/mol. The average molecular weight is 265 g/mol. The Kier molecular flexibility index (Phi) is 3.80. The van der Waals surface area contributed by atoms with Gasteiger partial charge < -0.3 is 15.0 Å². The second-order valence-corrected chi connectivity index (χ2v) is 4.59. The minimum Gasteiger partial charge on any atom is -0.396 e. The molecule has 0 saturated heterocycles. The lowest BCUT2D eigenvalue weighted by Gasteiger charge is -2.14. The van der Waals surface area contributed by atoms with E-state index in [1.807, 2.05) is 13.8 Å². The van der Waals surface area contributed by atoms with Crippen LogP contribution in [0.5, 0.6) is 0 Å². The third kappa shape index (κ3) is 2.73. The molecule has 0 aliphatic heterocycles. The van der Waals surface area contributed by atoms with Gasteiger partial charge in [-0.1, -0.05) is 19.0 Å². The van der Waals surface area contributed by atoms with Crippen molar-refractivity contribution in [1.82, 2.24) is 10.1 Å². The number of methoxy groups -OCH3 is 1. The Labute approximate surface area is 110 Å². The van der Waals surface area contributed by atoms with Crippen LogP contribution in [0.4, 0.5) is 10.1 Å². The van der Waals surface area contributed by atoms with Crippen LogP contribution in [-0.2, 0) is 4.74 Å². The third-order valence-electron chi connectivity index (χ3n) is 2.80. The van der Waals surface area contributed by atoms with Crippen LogP contribution < -0.4 is 5.73 Å². The monoisotopic (exact) mass is 265 g/mol. The molecule has 0 spiro atoms. The molecule has 0 aliphatic rings. The Balaban J connectivity index is 2.32. The first-order valence-electron chi connectivity index (χ1n) is 5.94. The van der Waals surface area contributed by atoms with Gasteiger partial charge in [-0.2, -0.15) is 4.98 Å². The number of nitrogen functional groups attached to an aromatic ring is 1. The molecule has 1 atom stereocenters. The van der Waals surface area contributed by atoms with Crippen LogP contribution in [0.3, 0.4) is 0 Å². The van der Waals surface area contributed by atoms with E-state index in [0.29, 0.717) is 17.3 Å². The normalized spacial score (nSPS) is 12.9. The van der Waals surface area contributed by atoms with Crippen molar-refractivity contribution >= 4 is 5.69 Å². The van der Waals surface area contributed by atoms with E-state index in [4.69, 9.17) is 15.0 Å². The minimum absolute atomic E-state index is 0.0457. The van der Waals surface area contributed by atoms with Crippen LogP contribution in [0.1, 0.15) is 25.8 Å². The summed E-state index contributed by atoms with van der Waals surface area (Å²) in [6.07, 6.45) is -0.240. The lowest BCUT2D eigenvalue weighted by atomic mass is 10.1. The van der Waals surface area contributed by atoms with E-state index in [-0.39, 0.29) is 17.7 Å². The fourth-order valence-electron chi connectivity index (χ4n) is 1.82. The topological polar surface area (TPSA) is 74.2 Å². The van der Waals surface area contributed by atoms with Crippen molar-refractivity contribution in [3.8, 4) is 11.5 Å². The number of anilines is 1. The number of halogens is 1. The second kappa shape index (κ2) is 5.36. The molecule has 0 fully saturated rings. The molecule has 1 unspecified atom stereocenters. The highest BCUT2D eigenvalue weighted by Gasteiger charge is 2.22. The van der Waals surface area contributed by atoms with Crippen LogP contribution in [0.25, 0.3) is 11.5 Å². The first-order chi connectivity index (χ1) is 9.02. The van der Waals surface area contributed by atoms with Crippen molar-refractivity contribution < 1.29 is 13.7 Å². The Morgan fingerprint density at radius 3 is 2.68 bits per heavy atom. The van der Waals surface area contributed by atoms with Crippen LogP contribution in [0, 0.1) is 11.7 Å². The molecule has 0 radical (unpaired) electrons. The number of nitrogens with two attached hydrogens (primary N) is 1. The van der Waals surface area contributed by atoms with Gasteiger partial charge in [0.05, 0.1) is 5.69 Å². The summed E-state index contributed by atoms with van der Waals surface area (Å²) in [5.74, 6) is 0.508. The van der Waals surface area contributed by atoms with Gasteiger partial charge >= 0.3 is 0 Å². The van der Waals surface area contributed by atoms with Crippen LogP contribution in [0.15, 0.2) is 22.7 Å². The van der Waals surface area contributed by atoms with Crippen molar-refractivity contribution in [2.75, 3.05) is 12.8 Å². The highest BCUT2D eigenvalue weighted by Crippen LogP contribution is 2.26. The summed E-state index contributed by atoms with van der Waals surface area (Å²) < 4.78 is 23.6. The quantitative estimate of drug-likeness (QED) is 0.860. The Hall–Kier alpha value is -1.95. The first kappa shape index (κ1) is 13.5. The molecule has 0 amide bonds. The Morgan fingerprint density at radius 1 is 1.37 bits per heavy atom. The molecule has 2 aromatic rings. The van der Waals surface area contributed by atoms with E-state index in [1.165, 1.54) is 12.1 Å². The molecule has 0 aliphatic carbocycles. The maximum atomic E-state index is 13.1. The zero-order valence-electron chi connectivity index (χ0n) is 11.1. The standard InChI is InChI=1S/C13H16FN3O2/c1-7(2)11(18-3)12-16-13(19-17-12)8-4-5-9(14)10(15)6-8/h4-7,11H,15H2,1-3H3. The largest absolute Gasteiger partial charge is 0.396 e. The number of nitrogens with zero attached hydrogens (tertiary/aromatic N) is 2. The molecule has 1 aromatic carbocycles. The molecular weight excluding hydrogens is 249 g/mol. The highest BCUT2D eigenvalue weighted by atomic mass is 19.1. The van der Waals surface area contributed by atoms with Crippen LogP contribution in [-0.4, -0.2) is 17.3 Å². The molecule has 5 nitrogen and oxygen atoms in total. The molecule has 0 saturated carbocycles. The van der Waals surface area contributed by atoms with Gasteiger partial charge in [0.1, 0.15) is 11.9 Å². The molecule has 2 rings (SSSR count). The Bertz CT molecular complexity index is 569. The van der Waals surface area contributed by atoms with Gasteiger partial charge in [-0.15, -0.1) is 0 Å². The second-order valence-electron chi connectivity index (χ2n) is 4.59. The number of rotatable bonds is 4. The van der Waals surface area contributed by atoms with E-state index in [0.717, 1.165) is 0 Å². The Morgan fingerprint density at radius 2 is 2.11 bits per heavy atom. The van der Waals surface area contributed by atoms with Crippen molar-refractivity contribution in [1.29, 1.82) is 0 Å². The van der Waals surface area contributed by atoms with Gasteiger partial charge in [-0.05, 0) is 24.1 Å². The summed E-state index contributed by atoms with van der Waals surface area (Å²) in [7, 11) is 1.59. The van der Waals surface area contributed by atoms with Crippen molar-refractivity contribution in [2.45, 2.75) is 20.0 Å². The van der Waals surface area contributed by atoms with E-state index in [9.17, 15) is 4.39 Å². The molecular formula is C13H16FN3O2. The summed E-state index contributed by atoms with van der Waals surface area (Å²) in [5.41, 5.74) is 6.14. The summed E-state index contributed by atoms with van der Waals surface area (Å²) >= 11 is 0. The van der Waals surface area contributed by atoms with E-state index in [2.05, 4.69) is 10.1 Å². The third-order valence-corrected chi connectivity index (χ3v) is 2.80. The van der Waals surface area contributed by atoms with Gasteiger partial charge in [0.15, 0.2) is 0 Å². The smallest absolute Gasteiger partial charge is 0.258 e. The van der Waals surface area contributed by atoms with E-state index < -0.39 is 5.82 Å². The van der Waals surface area contributed by atoms with Gasteiger partial charge in [0.2, 0.25) is 5.82 Å². The zero-order chi connectivity index (χ0) is 14.0. The van der Waals surface area contributed by atoms with Gasteiger partial charge in [-0.25, -0.2) is 4.39 Å². The van der Waals surface area contributed by atoms with Crippen LogP contribution >= 0.6 is 0 Å². The van der Waals surface area contributed by atoms with Gasteiger partial charge in [0, 0.05) is 12.7 Å². The number of aromatic nitrogens is 2. The minimum atomic E-state index is -0.472. The van der Waals surface area contributed by atoms with Crippen molar-refractivity contribution in [2.24, 2.45) is 5.92 Å². The van der Waals surface area contributed by atoms with E-state index in [1.54, 1.807) is 13.2 Å². The van der Waals surface area contributed by atoms with Crippen molar-refractivity contribution in [3.05, 3.63) is 29.8 Å². The number of hydrogen-bond donors (Lipinski definition) is 1. The SMILES string of the molecule is COC(c1noc(-c2ccc(F)c(N)c2)n1)C(C)C. The number of hydrogen-bond acceptors (Lipinski definition) is 5. The van der Waals surface area contributed by atoms with Crippen LogP contribution in [0.2, 0.25) is 0 Å². The lowest BCUT2D eigenvalue weighted by Crippen LogP contribution is -2.10. The molecule has 1 heterocycles. The fraction of sp³-hybridized carbons (Fsp3) is 0.385. The summed E-state index contributed by atoms with van der Waals surface area (Å²) in [5, 5.41) is 3.89. The zero-order valence-corrected chi connectivity index (χ0v) is 11.1. The number of ether oxygens (including phenoxy) is 1. The molecule has 1 aromatic heterocycles. The number of benzene rings is 1. The molecule has 6 heteroatoms. The fourth-order valence-corrected chi connectivity index (χ4v) is 1.82. The average Bonchev–Trinajstić information content (AvgIpc) is 2.82. The highest BCUT2D eigenvalue weighted by molar-refractivity contribution is 5.60. The summed E-state index contributed by atoms with van der Waals surface area (Å²) in [6, 6.07) is 4.27. The molecule has 2 N–H and O–H groups in total. The molecule has 102 valence electrons. The lowest BCUT2D eigenvalue weighted by molar-refractivity contribution is 0.0556. The van der Waals surface area contributed by atoms with Crippen molar-refractivity contribution in [3.63, 3.8) is 0 Å². The van der Waals surface area contributed by atoms with Gasteiger partial charge in [0.25, 0.3) is 5.89 Å².